The minimum absolute atomic E-state index is 0.0393. The largest absolute Gasteiger partial charge is 0.444 e. The van der Waals surface area contributed by atoms with E-state index in [9.17, 15) is 13.2 Å². The standard InChI is InChI=1S/C28H30N2O5S2/c1-21-14-16-23(17-15-21)37(32,33)34-19-18-24(22-10-6-5-7-11-22)29-20-36-26-13-9-8-12-25(26)30-27(31)35-28(2,3)4/h5-17,24H,18-19H2,1-4H3/p+1/t24-/m0/s1. The second kappa shape index (κ2) is 12.8. The van der Waals surface area contributed by atoms with Gasteiger partial charge in [0, 0.05) is 17.3 Å². The monoisotopic (exact) mass is 539 g/mol. The molecule has 37 heavy (non-hydrogen) atoms. The van der Waals surface area contributed by atoms with Crippen LogP contribution in [0.25, 0.3) is 4.85 Å². The molecule has 0 unspecified atom stereocenters. The maximum atomic E-state index is 12.6. The molecule has 7 nitrogen and oxygen atoms in total. The molecule has 9 heteroatoms. The smallest absolute Gasteiger partial charge is 0.412 e. The molecule has 0 aliphatic carbocycles. The fourth-order valence-electron chi connectivity index (χ4n) is 3.23. The lowest BCUT2D eigenvalue weighted by atomic mass is 10.1. The van der Waals surface area contributed by atoms with E-state index in [4.69, 9.17) is 8.92 Å². The Morgan fingerprint density at radius 3 is 2.32 bits per heavy atom. The Morgan fingerprint density at radius 1 is 1.00 bits per heavy atom. The van der Waals surface area contributed by atoms with Crippen molar-refractivity contribution in [1.29, 1.82) is 0 Å². The third-order valence-electron chi connectivity index (χ3n) is 5.01. The highest BCUT2D eigenvalue weighted by Gasteiger charge is 2.23. The van der Waals surface area contributed by atoms with Crippen molar-refractivity contribution in [3.8, 4) is 5.40 Å². The van der Waals surface area contributed by atoms with Crippen LogP contribution in [0.3, 0.4) is 0 Å². The van der Waals surface area contributed by atoms with Crippen molar-refractivity contribution in [3.05, 3.63) is 94.8 Å². The number of ether oxygens (including phenoxy) is 1. The predicted molar refractivity (Wildman–Crippen MR) is 148 cm³/mol. The number of thioether (sulfide) groups is 1. The number of nitrogens with one attached hydrogen (secondary N) is 1. The second-order valence-electron chi connectivity index (χ2n) is 9.25. The van der Waals surface area contributed by atoms with E-state index in [1.54, 1.807) is 39.0 Å². The quantitative estimate of drug-likeness (QED) is 0.184. The van der Waals surface area contributed by atoms with E-state index in [-0.39, 0.29) is 17.5 Å². The van der Waals surface area contributed by atoms with Gasteiger partial charge in [0.2, 0.25) is 0 Å². The molecule has 0 spiro atoms. The average molecular weight is 540 g/mol. The summed E-state index contributed by atoms with van der Waals surface area (Å²) in [5, 5.41) is 5.75. The molecule has 0 aromatic heterocycles. The third kappa shape index (κ3) is 9.25. The van der Waals surface area contributed by atoms with Crippen LogP contribution < -0.4 is 5.32 Å². The molecule has 0 heterocycles. The normalized spacial score (nSPS) is 12.2. The first-order valence-electron chi connectivity index (χ1n) is 11.8. The van der Waals surface area contributed by atoms with Crippen LogP contribution in [0.2, 0.25) is 0 Å². The maximum absolute atomic E-state index is 12.6. The van der Waals surface area contributed by atoms with Crippen molar-refractivity contribution in [3.63, 3.8) is 0 Å². The zero-order valence-corrected chi connectivity index (χ0v) is 22.9. The summed E-state index contributed by atoms with van der Waals surface area (Å²) in [6.07, 6.45) is -0.216. The number of aryl methyl sites for hydroxylation is 1. The van der Waals surface area contributed by atoms with Gasteiger partial charge in [0.05, 0.1) is 28.5 Å². The lowest BCUT2D eigenvalue weighted by Crippen LogP contribution is -2.27. The summed E-state index contributed by atoms with van der Waals surface area (Å²) >= 11 is 1.22. The summed E-state index contributed by atoms with van der Waals surface area (Å²) in [6, 6.07) is 23.0. The Kier molecular flexibility index (Phi) is 9.75. The predicted octanol–water partition coefficient (Wildman–Crippen LogP) is 7.26. The summed E-state index contributed by atoms with van der Waals surface area (Å²) in [4.78, 5) is 17.6. The molecule has 3 rings (SSSR count). The molecule has 0 saturated carbocycles. The van der Waals surface area contributed by atoms with Crippen LogP contribution in [0.1, 0.15) is 44.4 Å². The van der Waals surface area contributed by atoms with Gasteiger partial charge in [0.15, 0.2) is 0 Å². The number of hydrogen-bond acceptors (Lipinski definition) is 6. The number of anilines is 1. The number of benzene rings is 3. The molecular formula is C28H31N2O5S2+. The van der Waals surface area contributed by atoms with Crippen molar-refractivity contribution in [2.75, 3.05) is 11.9 Å². The number of amides is 1. The highest BCUT2D eigenvalue weighted by molar-refractivity contribution is 8.04. The minimum atomic E-state index is -3.87. The van der Waals surface area contributed by atoms with E-state index >= 15 is 0 Å². The first-order chi connectivity index (χ1) is 17.5. The molecule has 1 N–H and O–H groups in total. The number of nitrogens with zero attached hydrogens (tertiary/aromatic N) is 1. The Labute approximate surface area is 223 Å². The van der Waals surface area contributed by atoms with Crippen molar-refractivity contribution in [1.82, 2.24) is 0 Å². The summed E-state index contributed by atoms with van der Waals surface area (Å²) in [6.45, 7) is 7.25. The van der Waals surface area contributed by atoms with Crippen molar-refractivity contribution < 1.29 is 22.1 Å². The molecular weight excluding hydrogens is 508 g/mol. The van der Waals surface area contributed by atoms with Gasteiger partial charge in [-0.15, -0.1) is 0 Å². The maximum Gasteiger partial charge on any atom is 0.412 e. The van der Waals surface area contributed by atoms with Crippen LogP contribution in [0, 0.1) is 12.3 Å². The number of thiocyanates is 1. The van der Waals surface area contributed by atoms with E-state index in [1.807, 2.05) is 55.5 Å². The SMILES string of the molecule is Cc1ccc(S(=O)(=O)OCC[C@H]([N+]#CSc2ccccc2NC(=O)OC(C)(C)C)c2ccccc2)cc1. The van der Waals surface area contributed by atoms with E-state index in [0.717, 1.165) is 16.0 Å². The van der Waals surface area contributed by atoms with Gasteiger partial charge >= 0.3 is 17.5 Å². The van der Waals surface area contributed by atoms with Crippen LogP contribution in [-0.2, 0) is 19.0 Å². The molecule has 0 saturated heterocycles. The van der Waals surface area contributed by atoms with Gasteiger partial charge in [0.1, 0.15) is 5.60 Å². The lowest BCUT2D eigenvalue weighted by Gasteiger charge is -2.20. The van der Waals surface area contributed by atoms with Crippen molar-refractivity contribution in [2.45, 2.75) is 55.5 Å². The van der Waals surface area contributed by atoms with Crippen LogP contribution in [0.15, 0.2) is 88.7 Å². The van der Waals surface area contributed by atoms with Gasteiger partial charge in [-0.2, -0.15) is 8.42 Å². The average Bonchev–Trinajstić information content (AvgIpc) is 2.83. The number of carbonyl (C=O) groups excluding carboxylic acids is 1. The van der Waals surface area contributed by atoms with Gasteiger partial charge in [0.25, 0.3) is 10.1 Å². The minimum Gasteiger partial charge on any atom is -0.444 e. The molecule has 194 valence electrons. The van der Waals surface area contributed by atoms with Gasteiger partial charge in [-0.25, -0.2) is 4.79 Å². The number of hydrogen-bond donors (Lipinski definition) is 1. The number of para-hydroxylation sites is 1. The van der Waals surface area contributed by atoms with Crippen molar-refractivity contribution in [2.24, 2.45) is 0 Å². The molecule has 3 aromatic rings. The topological polar surface area (TPSA) is 86.1 Å². The van der Waals surface area contributed by atoms with Crippen LogP contribution in [0.4, 0.5) is 10.5 Å². The molecule has 0 radical (unpaired) electrons. The summed E-state index contributed by atoms with van der Waals surface area (Å²) in [7, 11) is -3.87. The Morgan fingerprint density at radius 2 is 1.65 bits per heavy atom. The zero-order chi connectivity index (χ0) is 26.9. The van der Waals surface area contributed by atoms with E-state index in [2.05, 4.69) is 15.6 Å². The summed E-state index contributed by atoms with van der Waals surface area (Å²) in [5.41, 5.74) is 1.84. The fraction of sp³-hybridized carbons (Fsp3) is 0.286. The number of carbonyl (C=O) groups is 1. The highest BCUT2D eigenvalue weighted by atomic mass is 32.2. The molecule has 0 aliphatic heterocycles. The molecule has 0 aliphatic rings. The third-order valence-corrected chi connectivity index (χ3v) is 7.11. The van der Waals surface area contributed by atoms with E-state index in [1.165, 1.54) is 23.9 Å². The van der Waals surface area contributed by atoms with E-state index < -0.39 is 21.8 Å². The first kappa shape index (κ1) is 28.3. The van der Waals surface area contributed by atoms with Crippen molar-refractivity contribution >= 4 is 33.7 Å². The summed E-state index contributed by atoms with van der Waals surface area (Å²) < 4.78 is 35.7. The van der Waals surface area contributed by atoms with Crippen LogP contribution in [0.5, 0.6) is 0 Å². The molecule has 1 atom stereocenters. The van der Waals surface area contributed by atoms with E-state index in [0.29, 0.717) is 12.1 Å². The molecule has 0 bridgehead atoms. The fourth-order valence-corrected chi connectivity index (χ4v) is 4.81. The van der Waals surface area contributed by atoms with Crippen LogP contribution in [-0.4, -0.2) is 26.7 Å². The molecule has 1 amide bonds. The Hall–Kier alpha value is -3.32. The molecule has 0 fully saturated rings. The highest BCUT2D eigenvalue weighted by Crippen LogP contribution is 2.29. The number of rotatable bonds is 8. The molecule has 3 aromatic carbocycles. The lowest BCUT2D eigenvalue weighted by molar-refractivity contribution is 0.0635. The van der Waals surface area contributed by atoms with Gasteiger partial charge < -0.3 is 4.74 Å². The van der Waals surface area contributed by atoms with Crippen LogP contribution >= 0.6 is 11.8 Å². The van der Waals surface area contributed by atoms with Gasteiger partial charge in [-0.3, -0.25) is 9.50 Å². The van der Waals surface area contributed by atoms with Gasteiger partial charge in [-0.05, 0) is 52.0 Å². The Balaban J connectivity index is 1.70. The second-order valence-corrected chi connectivity index (χ2v) is 11.7. The summed E-state index contributed by atoms with van der Waals surface area (Å²) in [5.74, 6) is 0. The zero-order valence-electron chi connectivity index (χ0n) is 21.3. The first-order valence-corrected chi connectivity index (χ1v) is 14.0. The van der Waals surface area contributed by atoms with Gasteiger partial charge in [-0.1, -0.05) is 65.0 Å². The Bertz CT molecular complexity index is 1360.